The molecule has 1 fully saturated rings. The Morgan fingerprint density at radius 1 is 1.29 bits per heavy atom. The first-order valence-electron chi connectivity index (χ1n) is 8.18. The SMILES string of the molecule is CC(C)c1nn(C)cc1C(=O)Nc1ccc(N2CCOCC2)cn1. The fraction of sp³-hybridized carbons (Fsp3) is 0.471. The highest BCUT2D eigenvalue weighted by molar-refractivity contribution is 6.04. The highest BCUT2D eigenvalue weighted by atomic mass is 16.5. The van der Waals surface area contributed by atoms with Crippen molar-refractivity contribution in [2.45, 2.75) is 19.8 Å². The maximum atomic E-state index is 12.5. The molecule has 0 aromatic carbocycles. The molecule has 1 N–H and O–H groups in total. The summed E-state index contributed by atoms with van der Waals surface area (Å²) >= 11 is 0. The van der Waals surface area contributed by atoms with Gasteiger partial charge in [-0.2, -0.15) is 5.10 Å². The smallest absolute Gasteiger partial charge is 0.260 e. The molecular formula is C17H23N5O2. The number of aromatic nitrogens is 3. The molecule has 0 spiro atoms. The number of rotatable bonds is 4. The second-order valence-electron chi connectivity index (χ2n) is 6.21. The van der Waals surface area contributed by atoms with Gasteiger partial charge >= 0.3 is 0 Å². The van der Waals surface area contributed by atoms with Gasteiger partial charge in [-0.1, -0.05) is 13.8 Å². The second-order valence-corrected chi connectivity index (χ2v) is 6.21. The number of anilines is 2. The van der Waals surface area contributed by atoms with Crippen LogP contribution < -0.4 is 10.2 Å². The van der Waals surface area contributed by atoms with Crippen LogP contribution in [0.5, 0.6) is 0 Å². The lowest BCUT2D eigenvalue weighted by Crippen LogP contribution is -2.36. The van der Waals surface area contributed by atoms with Gasteiger partial charge < -0.3 is 15.0 Å². The largest absolute Gasteiger partial charge is 0.378 e. The quantitative estimate of drug-likeness (QED) is 0.929. The Hall–Kier alpha value is -2.41. The van der Waals surface area contributed by atoms with Crippen molar-refractivity contribution in [3.05, 3.63) is 35.8 Å². The van der Waals surface area contributed by atoms with Gasteiger partial charge in [0.15, 0.2) is 0 Å². The van der Waals surface area contributed by atoms with E-state index >= 15 is 0 Å². The van der Waals surface area contributed by atoms with Crippen molar-refractivity contribution in [2.75, 3.05) is 36.5 Å². The number of amides is 1. The summed E-state index contributed by atoms with van der Waals surface area (Å²) in [7, 11) is 1.82. The monoisotopic (exact) mass is 329 g/mol. The lowest BCUT2D eigenvalue weighted by Gasteiger charge is -2.28. The molecule has 128 valence electrons. The van der Waals surface area contributed by atoms with E-state index in [-0.39, 0.29) is 11.8 Å². The summed E-state index contributed by atoms with van der Waals surface area (Å²) in [5, 5.41) is 7.22. The number of carbonyl (C=O) groups is 1. The fourth-order valence-electron chi connectivity index (χ4n) is 2.76. The molecule has 3 rings (SSSR count). The van der Waals surface area contributed by atoms with E-state index in [0.717, 1.165) is 37.7 Å². The van der Waals surface area contributed by atoms with Gasteiger partial charge in [-0.15, -0.1) is 0 Å². The normalized spacial score (nSPS) is 14.9. The van der Waals surface area contributed by atoms with Crippen LogP contribution in [0.3, 0.4) is 0 Å². The second kappa shape index (κ2) is 7.00. The molecule has 1 saturated heterocycles. The zero-order valence-electron chi connectivity index (χ0n) is 14.3. The third-order valence-corrected chi connectivity index (χ3v) is 4.01. The summed E-state index contributed by atoms with van der Waals surface area (Å²) in [6.45, 7) is 7.24. The van der Waals surface area contributed by atoms with Crippen LogP contribution in [0.4, 0.5) is 11.5 Å². The van der Waals surface area contributed by atoms with Gasteiger partial charge in [-0.05, 0) is 18.1 Å². The maximum absolute atomic E-state index is 12.5. The Kier molecular flexibility index (Phi) is 4.80. The van der Waals surface area contributed by atoms with Crippen LogP contribution in [-0.4, -0.2) is 47.0 Å². The van der Waals surface area contributed by atoms with Crippen LogP contribution in [0.25, 0.3) is 0 Å². The van der Waals surface area contributed by atoms with E-state index in [2.05, 4.69) is 20.3 Å². The predicted molar refractivity (Wildman–Crippen MR) is 92.5 cm³/mol. The van der Waals surface area contributed by atoms with Crippen molar-refractivity contribution in [1.82, 2.24) is 14.8 Å². The van der Waals surface area contributed by atoms with Gasteiger partial charge in [0.2, 0.25) is 0 Å². The fourth-order valence-corrected chi connectivity index (χ4v) is 2.76. The van der Waals surface area contributed by atoms with Crippen LogP contribution in [0, 0.1) is 0 Å². The van der Waals surface area contributed by atoms with Gasteiger partial charge in [0.05, 0.1) is 36.4 Å². The molecule has 3 heterocycles. The first kappa shape index (κ1) is 16.4. The molecule has 0 saturated carbocycles. The Morgan fingerprint density at radius 2 is 2.04 bits per heavy atom. The Labute approximate surface area is 141 Å². The highest BCUT2D eigenvalue weighted by Crippen LogP contribution is 2.20. The van der Waals surface area contributed by atoms with Crippen LogP contribution in [0.1, 0.15) is 35.8 Å². The Morgan fingerprint density at radius 3 is 2.67 bits per heavy atom. The minimum Gasteiger partial charge on any atom is -0.378 e. The molecule has 24 heavy (non-hydrogen) atoms. The number of morpholine rings is 1. The summed E-state index contributed by atoms with van der Waals surface area (Å²) in [5.74, 6) is 0.539. The number of carbonyl (C=O) groups excluding carboxylic acids is 1. The molecule has 0 bridgehead atoms. The topological polar surface area (TPSA) is 72.3 Å². The summed E-state index contributed by atoms with van der Waals surface area (Å²) in [6.07, 6.45) is 3.53. The number of nitrogens with one attached hydrogen (secondary N) is 1. The molecule has 1 aliphatic rings. The molecule has 2 aromatic heterocycles. The summed E-state index contributed by atoms with van der Waals surface area (Å²) < 4.78 is 7.02. The van der Waals surface area contributed by atoms with Crippen molar-refractivity contribution in [3.63, 3.8) is 0 Å². The Bertz CT molecular complexity index is 702. The van der Waals surface area contributed by atoms with E-state index in [9.17, 15) is 4.79 Å². The van der Waals surface area contributed by atoms with E-state index < -0.39 is 0 Å². The van der Waals surface area contributed by atoms with Crippen LogP contribution in [-0.2, 0) is 11.8 Å². The van der Waals surface area contributed by atoms with E-state index in [1.54, 1.807) is 17.1 Å². The third kappa shape index (κ3) is 3.56. The number of aryl methyl sites for hydroxylation is 1. The van der Waals surface area contributed by atoms with Gasteiger partial charge in [-0.3, -0.25) is 9.48 Å². The molecule has 0 radical (unpaired) electrons. The first-order chi connectivity index (χ1) is 11.5. The van der Waals surface area contributed by atoms with E-state index in [4.69, 9.17) is 4.74 Å². The van der Waals surface area contributed by atoms with Crippen LogP contribution in [0.15, 0.2) is 24.5 Å². The average molecular weight is 329 g/mol. The van der Waals surface area contributed by atoms with Crippen LogP contribution in [0.2, 0.25) is 0 Å². The molecule has 1 aliphatic heterocycles. The molecule has 0 unspecified atom stereocenters. The number of hydrogen-bond donors (Lipinski definition) is 1. The maximum Gasteiger partial charge on any atom is 0.260 e. The van der Waals surface area contributed by atoms with Gasteiger partial charge in [0, 0.05) is 26.3 Å². The minimum absolute atomic E-state index is 0.182. The molecule has 7 nitrogen and oxygen atoms in total. The summed E-state index contributed by atoms with van der Waals surface area (Å²) in [4.78, 5) is 19.1. The molecule has 7 heteroatoms. The zero-order chi connectivity index (χ0) is 17.1. The molecule has 2 aromatic rings. The van der Waals surface area contributed by atoms with Gasteiger partial charge in [-0.25, -0.2) is 4.98 Å². The van der Waals surface area contributed by atoms with Crippen molar-refractivity contribution in [1.29, 1.82) is 0 Å². The Balaban J connectivity index is 1.70. The van der Waals surface area contributed by atoms with Crippen molar-refractivity contribution in [3.8, 4) is 0 Å². The number of nitrogens with zero attached hydrogens (tertiary/aromatic N) is 4. The van der Waals surface area contributed by atoms with Crippen molar-refractivity contribution >= 4 is 17.4 Å². The third-order valence-electron chi connectivity index (χ3n) is 4.01. The predicted octanol–water partition coefficient (Wildman–Crippen LogP) is 2.03. The summed E-state index contributed by atoms with van der Waals surface area (Å²) in [6, 6.07) is 3.80. The zero-order valence-corrected chi connectivity index (χ0v) is 14.3. The van der Waals surface area contributed by atoms with Crippen molar-refractivity contribution < 1.29 is 9.53 Å². The van der Waals surface area contributed by atoms with Gasteiger partial charge in [0.1, 0.15) is 5.82 Å². The summed E-state index contributed by atoms with van der Waals surface area (Å²) in [5.41, 5.74) is 2.42. The molecule has 0 atom stereocenters. The number of hydrogen-bond acceptors (Lipinski definition) is 5. The molecular weight excluding hydrogens is 306 g/mol. The van der Waals surface area contributed by atoms with E-state index in [1.165, 1.54) is 0 Å². The van der Waals surface area contributed by atoms with E-state index in [0.29, 0.717) is 11.4 Å². The molecule has 1 amide bonds. The number of ether oxygens (including phenoxy) is 1. The lowest BCUT2D eigenvalue weighted by atomic mass is 10.1. The standard InChI is InChI=1S/C17H23N5O2/c1-12(2)16-14(11-21(3)20-16)17(23)19-15-5-4-13(10-18-15)22-6-8-24-9-7-22/h4-5,10-12H,6-9H2,1-3H3,(H,18,19,23). The lowest BCUT2D eigenvalue weighted by molar-refractivity contribution is 0.102. The van der Waals surface area contributed by atoms with E-state index in [1.807, 2.05) is 33.0 Å². The number of pyridine rings is 1. The van der Waals surface area contributed by atoms with Gasteiger partial charge in [0.25, 0.3) is 5.91 Å². The van der Waals surface area contributed by atoms with Crippen molar-refractivity contribution in [2.24, 2.45) is 7.05 Å². The minimum atomic E-state index is -0.182. The van der Waals surface area contributed by atoms with Crippen LogP contribution >= 0.6 is 0 Å². The first-order valence-corrected chi connectivity index (χ1v) is 8.18. The highest BCUT2D eigenvalue weighted by Gasteiger charge is 2.18. The average Bonchev–Trinajstić information content (AvgIpc) is 2.99. The molecule has 0 aliphatic carbocycles.